The maximum absolute atomic E-state index is 12.6. The van der Waals surface area contributed by atoms with Crippen molar-refractivity contribution in [2.24, 2.45) is 0 Å². The zero-order valence-corrected chi connectivity index (χ0v) is 18.2. The van der Waals surface area contributed by atoms with Crippen LogP contribution in [0.4, 0.5) is 5.69 Å². The van der Waals surface area contributed by atoms with Crippen molar-refractivity contribution in [1.29, 1.82) is 0 Å². The van der Waals surface area contributed by atoms with Gasteiger partial charge < -0.3 is 15.2 Å². The quantitative estimate of drug-likeness (QED) is 0.533. The van der Waals surface area contributed by atoms with Crippen LogP contribution in [0.2, 0.25) is 5.02 Å². The van der Waals surface area contributed by atoms with Crippen molar-refractivity contribution >= 4 is 23.2 Å². The molecule has 0 atom stereocenters. The lowest BCUT2D eigenvalue weighted by atomic mass is 10.1. The average Bonchev–Trinajstić information content (AvgIpc) is 3.42. The number of aromatic nitrogens is 2. The molecule has 1 aromatic carbocycles. The molecule has 2 aromatic heterocycles. The van der Waals surface area contributed by atoms with Gasteiger partial charge in [-0.1, -0.05) is 29.5 Å². The summed E-state index contributed by atoms with van der Waals surface area (Å²) in [5.74, 6) is 6.41. The van der Waals surface area contributed by atoms with Crippen molar-refractivity contribution in [3.8, 4) is 28.8 Å². The summed E-state index contributed by atoms with van der Waals surface area (Å²) >= 11 is 6.32. The zero-order valence-electron chi connectivity index (χ0n) is 17.4. The van der Waals surface area contributed by atoms with Crippen LogP contribution in [0.5, 0.6) is 5.75 Å². The van der Waals surface area contributed by atoms with Gasteiger partial charge in [-0.15, -0.1) is 0 Å². The van der Waals surface area contributed by atoms with E-state index in [1.54, 1.807) is 25.6 Å². The van der Waals surface area contributed by atoms with Gasteiger partial charge in [-0.05, 0) is 37.1 Å². The predicted molar refractivity (Wildman–Crippen MR) is 122 cm³/mol. The Balaban J connectivity index is 1.67. The molecule has 32 heavy (non-hydrogen) atoms. The van der Waals surface area contributed by atoms with E-state index in [0.29, 0.717) is 53.4 Å². The molecule has 162 valence electrons. The van der Waals surface area contributed by atoms with Gasteiger partial charge in [0.1, 0.15) is 5.60 Å². The molecule has 5 rings (SSSR count). The van der Waals surface area contributed by atoms with Gasteiger partial charge in [-0.2, -0.15) is 0 Å². The zero-order chi connectivity index (χ0) is 22.3. The van der Waals surface area contributed by atoms with Crippen LogP contribution in [-0.4, -0.2) is 39.9 Å². The topological polar surface area (TPSA) is 88.4 Å². The lowest BCUT2D eigenvalue weighted by molar-refractivity contribution is 0.0945. The normalized spacial score (nSPS) is 15.8. The highest BCUT2D eigenvalue weighted by Gasteiger charge is 2.38. The van der Waals surface area contributed by atoms with E-state index in [4.69, 9.17) is 16.3 Å². The molecule has 1 fully saturated rings. The van der Waals surface area contributed by atoms with Crippen LogP contribution in [0.15, 0.2) is 42.7 Å². The number of carbonyl (C=O) groups excluding carboxylic acids is 1. The van der Waals surface area contributed by atoms with E-state index in [1.807, 2.05) is 28.9 Å². The number of rotatable bonds is 4. The summed E-state index contributed by atoms with van der Waals surface area (Å²) in [5, 5.41) is 13.5. The second-order valence-corrected chi connectivity index (χ2v) is 8.27. The van der Waals surface area contributed by atoms with E-state index >= 15 is 0 Å². The standard InChI is InChI=1S/C24H21ClN4O3/c1-32-22-18(25)3-2-4-19(22)28-29-20-7-12-27-23(30)17(20)13-21(29)16-6-11-26-14-15(16)5-8-24(31)9-10-24/h2-4,6,11,13-14,28,31H,7,9-10,12H2,1H3,(H,27,30). The molecule has 0 unspecified atom stereocenters. The lowest BCUT2D eigenvalue weighted by Crippen LogP contribution is -2.33. The van der Waals surface area contributed by atoms with Gasteiger partial charge in [-0.25, -0.2) is 0 Å². The van der Waals surface area contributed by atoms with Gasteiger partial charge in [0, 0.05) is 30.9 Å². The first kappa shape index (κ1) is 20.4. The van der Waals surface area contributed by atoms with Crippen LogP contribution in [-0.2, 0) is 6.42 Å². The van der Waals surface area contributed by atoms with E-state index in [-0.39, 0.29) is 5.91 Å². The van der Waals surface area contributed by atoms with Crippen LogP contribution in [0.3, 0.4) is 0 Å². The summed E-state index contributed by atoms with van der Waals surface area (Å²) in [6.07, 6.45) is 5.36. The molecule has 0 bridgehead atoms. The van der Waals surface area contributed by atoms with Gasteiger partial charge in [0.25, 0.3) is 5.91 Å². The number of fused-ring (bicyclic) bond motifs is 1. The minimum Gasteiger partial charge on any atom is -0.493 e. The number of nitrogens with zero attached hydrogens (tertiary/aromatic N) is 2. The molecule has 2 aliphatic rings. The third-order valence-electron chi connectivity index (χ3n) is 5.65. The third kappa shape index (κ3) is 3.68. The Hall–Kier alpha value is -3.47. The fraction of sp³-hybridized carbons (Fsp3) is 0.250. The fourth-order valence-corrected chi connectivity index (χ4v) is 4.03. The SMILES string of the molecule is COc1c(Cl)cccc1Nn1c(-c2ccncc2C#CC2(O)CC2)cc2c1CCNC2=O. The largest absolute Gasteiger partial charge is 0.493 e. The summed E-state index contributed by atoms with van der Waals surface area (Å²) < 4.78 is 7.38. The van der Waals surface area contributed by atoms with Gasteiger partial charge in [-0.3, -0.25) is 19.9 Å². The third-order valence-corrected chi connectivity index (χ3v) is 5.95. The van der Waals surface area contributed by atoms with Gasteiger partial charge >= 0.3 is 0 Å². The summed E-state index contributed by atoms with van der Waals surface area (Å²) in [7, 11) is 1.56. The van der Waals surface area contributed by atoms with E-state index in [9.17, 15) is 9.90 Å². The molecule has 3 aromatic rings. The Labute approximate surface area is 190 Å². The first-order valence-electron chi connectivity index (χ1n) is 10.3. The maximum atomic E-state index is 12.6. The molecule has 3 heterocycles. The highest BCUT2D eigenvalue weighted by atomic mass is 35.5. The molecular formula is C24H21ClN4O3. The number of amides is 1. The number of hydrogen-bond donors (Lipinski definition) is 3. The minimum atomic E-state index is -0.902. The number of carbonyl (C=O) groups is 1. The number of halogens is 1. The van der Waals surface area contributed by atoms with Crippen LogP contribution >= 0.6 is 11.6 Å². The summed E-state index contributed by atoms with van der Waals surface area (Å²) in [6.45, 7) is 0.541. The molecule has 1 amide bonds. The maximum Gasteiger partial charge on any atom is 0.253 e. The molecule has 0 spiro atoms. The smallest absolute Gasteiger partial charge is 0.253 e. The predicted octanol–water partition coefficient (Wildman–Crippen LogP) is 3.25. The van der Waals surface area contributed by atoms with Gasteiger partial charge in [0.15, 0.2) is 5.75 Å². The van der Waals surface area contributed by atoms with Crippen molar-refractivity contribution < 1.29 is 14.6 Å². The van der Waals surface area contributed by atoms with Crippen LogP contribution in [0.25, 0.3) is 11.3 Å². The average molecular weight is 449 g/mol. The Bertz CT molecular complexity index is 1280. The molecule has 0 radical (unpaired) electrons. The molecule has 1 saturated carbocycles. The highest BCUT2D eigenvalue weighted by molar-refractivity contribution is 6.32. The van der Waals surface area contributed by atoms with Gasteiger partial charge in [0.05, 0.1) is 40.3 Å². The Morgan fingerprint density at radius 3 is 2.94 bits per heavy atom. The number of para-hydroxylation sites is 1. The Morgan fingerprint density at radius 1 is 1.31 bits per heavy atom. The first-order valence-corrected chi connectivity index (χ1v) is 10.7. The second-order valence-electron chi connectivity index (χ2n) is 7.87. The number of aliphatic hydroxyl groups is 1. The van der Waals surface area contributed by atoms with E-state index in [2.05, 4.69) is 27.6 Å². The Kier molecular flexibility index (Phi) is 5.04. The van der Waals surface area contributed by atoms with E-state index in [0.717, 1.165) is 17.0 Å². The molecule has 1 aliphatic carbocycles. The molecule has 7 nitrogen and oxygen atoms in total. The first-order chi connectivity index (χ1) is 15.5. The van der Waals surface area contributed by atoms with Crippen molar-refractivity contribution in [2.45, 2.75) is 24.9 Å². The summed E-state index contributed by atoms with van der Waals surface area (Å²) in [6, 6.07) is 9.15. The number of nitrogens with one attached hydrogen (secondary N) is 2. The van der Waals surface area contributed by atoms with E-state index < -0.39 is 5.60 Å². The Morgan fingerprint density at radius 2 is 2.16 bits per heavy atom. The lowest BCUT2D eigenvalue weighted by Gasteiger charge is -2.21. The number of ether oxygens (including phenoxy) is 1. The van der Waals surface area contributed by atoms with Gasteiger partial charge in [0.2, 0.25) is 0 Å². The highest BCUT2D eigenvalue weighted by Crippen LogP contribution is 2.36. The molecule has 1 aliphatic heterocycles. The molecule has 0 saturated heterocycles. The second kappa shape index (κ2) is 7.90. The number of methoxy groups -OCH3 is 1. The number of benzene rings is 1. The summed E-state index contributed by atoms with van der Waals surface area (Å²) in [5.41, 5.74) is 6.81. The van der Waals surface area contributed by atoms with E-state index in [1.165, 1.54) is 0 Å². The molecule has 3 N–H and O–H groups in total. The minimum absolute atomic E-state index is 0.125. The van der Waals surface area contributed by atoms with Crippen molar-refractivity contribution in [3.63, 3.8) is 0 Å². The number of anilines is 1. The van der Waals surface area contributed by atoms with Crippen molar-refractivity contribution in [3.05, 3.63) is 64.6 Å². The molecular weight excluding hydrogens is 428 g/mol. The fourth-order valence-electron chi connectivity index (χ4n) is 3.78. The number of hydrogen-bond acceptors (Lipinski definition) is 5. The van der Waals surface area contributed by atoms with Crippen LogP contribution < -0.4 is 15.5 Å². The monoisotopic (exact) mass is 448 g/mol. The number of pyridine rings is 1. The van der Waals surface area contributed by atoms with Crippen LogP contribution in [0, 0.1) is 11.8 Å². The van der Waals surface area contributed by atoms with Crippen LogP contribution in [0.1, 0.15) is 34.5 Å². The van der Waals surface area contributed by atoms with Crippen molar-refractivity contribution in [1.82, 2.24) is 15.0 Å². The molecule has 8 heteroatoms. The van der Waals surface area contributed by atoms with Crippen molar-refractivity contribution in [2.75, 3.05) is 19.1 Å². The summed E-state index contributed by atoms with van der Waals surface area (Å²) in [4.78, 5) is 16.8.